The van der Waals surface area contributed by atoms with Crippen molar-refractivity contribution in [2.24, 2.45) is 0 Å². The molecule has 0 aliphatic heterocycles. The highest BCUT2D eigenvalue weighted by atomic mass is 32.1. The van der Waals surface area contributed by atoms with Gasteiger partial charge >= 0.3 is 0 Å². The smallest absolute Gasteiger partial charge is 0.0626 e. The first-order chi connectivity index (χ1) is 22.8. The first-order valence-corrected chi connectivity index (χ1v) is 16.6. The maximum atomic E-state index is 2.51. The lowest BCUT2D eigenvalue weighted by atomic mass is 9.96. The molecule has 0 aliphatic carbocycles. The summed E-state index contributed by atoms with van der Waals surface area (Å²) in [7, 11) is 0. The van der Waals surface area contributed by atoms with E-state index in [0.29, 0.717) is 0 Å². The number of benzene rings is 8. The predicted molar refractivity (Wildman–Crippen MR) is 200 cm³/mol. The summed E-state index contributed by atoms with van der Waals surface area (Å²) in [4.78, 5) is 0. The minimum absolute atomic E-state index is 1.18. The third-order valence-electron chi connectivity index (χ3n) is 9.54. The molecule has 2 heterocycles. The van der Waals surface area contributed by atoms with Crippen molar-refractivity contribution in [1.29, 1.82) is 0 Å². The van der Waals surface area contributed by atoms with Gasteiger partial charge in [0.1, 0.15) is 0 Å². The quantitative estimate of drug-likeness (QED) is 0.190. The maximum Gasteiger partial charge on any atom is 0.0626 e. The Kier molecular flexibility index (Phi) is 5.51. The number of nitrogens with zero attached hydrogens (tertiary/aromatic N) is 1. The van der Waals surface area contributed by atoms with Crippen molar-refractivity contribution in [2.45, 2.75) is 0 Å². The van der Waals surface area contributed by atoms with E-state index in [1.807, 2.05) is 11.3 Å². The van der Waals surface area contributed by atoms with E-state index in [1.165, 1.54) is 91.5 Å². The molecule has 10 rings (SSSR count). The molecule has 214 valence electrons. The van der Waals surface area contributed by atoms with Crippen molar-refractivity contribution >= 4 is 74.9 Å². The van der Waals surface area contributed by atoms with Gasteiger partial charge in [0.25, 0.3) is 0 Å². The molecule has 1 nitrogen and oxygen atoms in total. The lowest BCUT2D eigenvalue weighted by Crippen LogP contribution is -1.95. The van der Waals surface area contributed by atoms with Gasteiger partial charge in [0.2, 0.25) is 0 Å². The first-order valence-electron chi connectivity index (χ1n) is 15.8. The molecule has 2 heteroatoms. The molecule has 0 spiro atoms. The van der Waals surface area contributed by atoms with Crippen molar-refractivity contribution in [3.05, 3.63) is 164 Å². The van der Waals surface area contributed by atoms with Gasteiger partial charge in [-0.2, -0.15) is 0 Å². The van der Waals surface area contributed by atoms with Crippen LogP contribution in [0.4, 0.5) is 0 Å². The molecule has 0 N–H and O–H groups in total. The predicted octanol–water partition coefficient (Wildman–Crippen LogP) is 12.8. The highest BCUT2D eigenvalue weighted by molar-refractivity contribution is 7.27. The van der Waals surface area contributed by atoms with E-state index in [-0.39, 0.29) is 0 Å². The zero-order valence-corrected chi connectivity index (χ0v) is 25.8. The topological polar surface area (TPSA) is 4.93 Å². The number of rotatable bonds is 3. The van der Waals surface area contributed by atoms with Crippen LogP contribution in [0.5, 0.6) is 0 Å². The Morgan fingerprint density at radius 3 is 1.78 bits per heavy atom. The molecular formula is C44H27NS. The molecule has 0 aliphatic rings. The largest absolute Gasteiger partial charge is 0.309 e. The van der Waals surface area contributed by atoms with Crippen molar-refractivity contribution < 1.29 is 0 Å². The maximum absolute atomic E-state index is 2.51. The van der Waals surface area contributed by atoms with Crippen LogP contribution in [-0.4, -0.2) is 4.57 Å². The van der Waals surface area contributed by atoms with E-state index in [4.69, 9.17) is 0 Å². The highest BCUT2D eigenvalue weighted by Crippen LogP contribution is 2.49. The average molecular weight is 602 g/mol. The van der Waals surface area contributed by atoms with E-state index < -0.39 is 0 Å². The summed E-state index contributed by atoms with van der Waals surface area (Å²) in [5.74, 6) is 0. The molecule has 10 aromatic rings. The van der Waals surface area contributed by atoms with E-state index in [1.54, 1.807) is 0 Å². The number of hydrogen-bond acceptors (Lipinski definition) is 1. The van der Waals surface area contributed by atoms with Crippen LogP contribution in [0.2, 0.25) is 0 Å². The minimum atomic E-state index is 1.18. The van der Waals surface area contributed by atoms with Crippen LogP contribution in [0.3, 0.4) is 0 Å². The van der Waals surface area contributed by atoms with E-state index in [0.717, 1.165) is 0 Å². The number of fused-ring (bicyclic) bond motifs is 11. The van der Waals surface area contributed by atoms with E-state index in [9.17, 15) is 0 Å². The minimum Gasteiger partial charge on any atom is -0.309 e. The summed E-state index contributed by atoms with van der Waals surface area (Å²) in [6.07, 6.45) is 0. The van der Waals surface area contributed by atoms with Gasteiger partial charge in [-0.3, -0.25) is 0 Å². The second-order valence-electron chi connectivity index (χ2n) is 12.1. The summed E-state index contributed by atoms with van der Waals surface area (Å²) >= 11 is 1.92. The number of thiophene rings is 1. The average Bonchev–Trinajstić information content (AvgIpc) is 3.68. The molecule has 0 amide bonds. The Balaban J connectivity index is 1.43. The van der Waals surface area contributed by atoms with Crippen LogP contribution in [0.1, 0.15) is 0 Å². The second-order valence-corrected chi connectivity index (χ2v) is 13.2. The summed E-state index contributed by atoms with van der Waals surface area (Å²) in [5.41, 5.74) is 8.62. The van der Waals surface area contributed by atoms with Crippen LogP contribution >= 0.6 is 11.3 Å². The molecule has 2 aromatic heterocycles. The van der Waals surface area contributed by atoms with Crippen LogP contribution in [0.25, 0.3) is 91.5 Å². The van der Waals surface area contributed by atoms with E-state index in [2.05, 4.69) is 168 Å². The molecule has 0 atom stereocenters. The molecular weight excluding hydrogens is 575 g/mol. The van der Waals surface area contributed by atoms with Gasteiger partial charge in [0.15, 0.2) is 0 Å². The highest BCUT2D eigenvalue weighted by Gasteiger charge is 2.22. The summed E-state index contributed by atoms with van der Waals surface area (Å²) in [6.45, 7) is 0. The van der Waals surface area contributed by atoms with Gasteiger partial charge in [-0.15, -0.1) is 11.3 Å². The molecule has 0 saturated heterocycles. The zero-order chi connectivity index (χ0) is 30.2. The molecule has 46 heavy (non-hydrogen) atoms. The fourth-order valence-corrected chi connectivity index (χ4v) is 8.66. The second kappa shape index (κ2) is 9.90. The van der Waals surface area contributed by atoms with Gasteiger partial charge in [-0.05, 0) is 69.4 Å². The Hall–Kier alpha value is -5.70. The molecule has 0 saturated carbocycles. The van der Waals surface area contributed by atoms with Crippen LogP contribution in [0.15, 0.2) is 164 Å². The fraction of sp³-hybridized carbons (Fsp3) is 0. The van der Waals surface area contributed by atoms with Gasteiger partial charge < -0.3 is 4.57 Å². The molecule has 0 bridgehead atoms. The molecule has 0 unspecified atom stereocenters. The molecule has 8 aromatic carbocycles. The monoisotopic (exact) mass is 601 g/mol. The zero-order valence-electron chi connectivity index (χ0n) is 24.9. The third kappa shape index (κ3) is 3.74. The standard InChI is InChI=1S/C44H27NS/c1-3-11-28(12-4-1)32-20-23-39-37(26-32)41-42-38-27-33(29-13-5-2-6-14-29)21-24-40(38)46-44(42)36-18-10-9-17-35(36)43(41)45(39)34-22-19-30-15-7-8-16-31(30)25-34/h1-27H. The summed E-state index contributed by atoms with van der Waals surface area (Å²) in [6, 6.07) is 60.1. The third-order valence-corrected chi connectivity index (χ3v) is 10.7. The van der Waals surface area contributed by atoms with Crippen molar-refractivity contribution in [1.82, 2.24) is 4.57 Å². The van der Waals surface area contributed by atoms with Crippen molar-refractivity contribution in [2.75, 3.05) is 0 Å². The van der Waals surface area contributed by atoms with Crippen LogP contribution in [-0.2, 0) is 0 Å². The van der Waals surface area contributed by atoms with Gasteiger partial charge in [0.05, 0.1) is 11.0 Å². The van der Waals surface area contributed by atoms with Crippen molar-refractivity contribution in [3.63, 3.8) is 0 Å². The summed E-state index contributed by atoms with van der Waals surface area (Å²) < 4.78 is 5.18. The van der Waals surface area contributed by atoms with Crippen LogP contribution < -0.4 is 0 Å². The first kappa shape index (κ1) is 25.6. The summed E-state index contributed by atoms with van der Waals surface area (Å²) in [5, 5.41) is 10.4. The lowest BCUT2D eigenvalue weighted by Gasteiger charge is -2.12. The SMILES string of the molecule is c1ccc(-c2ccc3sc4c5ccccc5c5c(c6cc(-c7ccccc7)ccc6n5-c5ccc6ccccc6c5)c4c3c2)cc1. The van der Waals surface area contributed by atoms with Crippen LogP contribution in [0, 0.1) is 0 Å². The number of aromatic nitrogens is 1. The Labute approximate surface area is 270 Å². The molecule has 0 radical (unpaired) electrons. The Morgan fingerprint density at radius 2 is 1.02 bits per heavy atom. The van der Waals surface area contributed by atoms with Gasteiger partial charge in [-0.25, -0.2) is 0 Å². The van der Waals surface area contributed by atoms with E-state index >= 15 is 0 Å². The Morgan fingerprint density at radius 1 is 0.391 bits per heavy atom. The normalized spacial score (nSPS) is 11.9. The van der Waals surface area contributed by atoms with Gasteiger partial charge in [-0.1, -0.05) is 127 Å². The Bertz CT molecular complexity index is 2790. The van der Waals surface area contributed by atoms with Gasteiger partial charge in [0, 0.05) is 47.4 Å². The molecule has 0 fully saturated rings. The van der Waals surface area contributed by atoms with Crippen molar-refractivity contribution in [3.8, 4) is 27.9 Å². The lowest BCUT2D eigenvalue weighted by molar-refractivity contribution is 1.19. The number of hydrogen-bond donors (Lipinski definition) is 0. The fourth-order valence-electron chi connectivity index (χ4n) is 7.43.